The van der Waals surface area contributed by atoms with Crippen LogP contribution in [0.15, 0.2) is 42.5 Å². The highest BCUT2D eigenvalue weighted by atomic mass is 35.5. The Hall–Kier alpha value is -1.54. The van der Waals surface area contributed by atoms with Crippen molar-refractivity contribution in [2.75, 3.05) is 7.11 Å². The predicted molar refractivity (Wildman–Crippen MR) is 64.7 cm³/mol. The Morgan fingerprint density at radius 2 is 1.88 bits per heavy atom. The molecule has 0 atom stereocenters. The number of benzene rings is 1. The molecule has 0 spiro atoms. The number of halogens is 1. The van der Waals surface area contributed by atoms with Gasteiger partial charge in [0.05, 0.1) is 12.8 Å². The van der Waals surface area contributed by atoms with Crippen molar-refractivity contribution in [1.82, 2.24) is 4.98 Å². The third-order valence-electron chi connectivity index (χ3n) is 2.17. The van der Waals surface area contributed by atoms with E-state index in [2.05, 4.69) is 4.98 Å². The summed E-state index contributed by atoms with van der Waals surface area (Å²) in [4.78, 5) is 4.19. The highest BCUT2D eigenvalue weighted by Crippen LogP contribution is 2.16. The van der Waals surface area contributed by atoms with Gasteiger partial charge in [0, 0.05) is 6.42 Å². The van der Waals surface area contributed by atoms with E-state index in [9.17, 15) is 0 Å². The molecular formula is C13H11ClNO. The maximum atomic E-state index is 5.81. The molecule has 0 aliphatic carbocycles. The summed E-state index contributed by atoms with van der Waals surface area (Å²) in [5.41, 5.74) is 1.91. The zero-order chi connectivity index (χ0) is 11.4. The van der Waals surface area contributed by atoms with Gasteiger partial charge >= 0.3 is 0 Å². The molecule has 2 nitrogen and oxygen atoms in total. The maximum Gasteiger partial charge on any atom is 0.129 e. The standard InChI is InChI=1S/C13H11ClNO/c1-16-12-7-5-10(6-8-12)9-11-3-2-4-13(14)15-11/h2-9H,1H3. The molecule has 0 amide bonds. The van der Waals surface area contributed by atoms with Crippen LogP contribution in [0.3, 0.4) is 0 Å². The third-order valence-corrected chi connectivity index (χ3v) is 2.38. The van der Waals surface area contributed by atoms with Gasteiger partial charge < -0.3 is 4.74 Å². The lowest BCUT2D eigenvalue weighted by Gasteiger charge is -2.03. The number of methoxy groups -OCH3 is 1. The molecule has 0 saturated heterocycles. The van der Waals surface area contributed by atoms with Crippen LogP contribution in [0.4, 0.5) is 0 Å². The Morgan fingerprint density at radius 3 is 2.50 bits per heavy atom. The van der Waals surface area contributed by atoms with E-state index in [1.54, 1.807) is 13.2 Å². The highest BCUT2D eigenvalue weighted by molar-refractivity contribution is 6.29. The lowest BCUT2D eigenvalue weighted by Crippen LogP contribution is -1.90. The van der Waals surface area contributed by atoms with Crippen molar-refractivity contribution in [2.24, 2.45) is 0 Å². The minimum Gasteiger partial charge on any atom is -0.497 e. The fraction of sp³-hybridized carbons (Fsp3) is 0.0769. The van der Waals surface area contributed by atoms with Gasteiger partial charge in [-0.1, -0.05) is 29.8 Å². The average Bonchev–Trinajstić information content (AvgIpc) is 2.30. The lowest BCUT2D eigenvalue weighted by atomic mass is 10.1. The molecule has 0 N–H and O–H groups in total. The molecule has 0 saturated carbocycles. The van der Waals surface area contributed by atoms with E-state index in [1.165, 1.54) is 0 Å². The van der Waals surface area contributed by atoms with Crippen molar-refractivity contribution < 1.29 is 4.74 Å². The topological polar surface area (TPSA) is 22.1 Å². The molecular weight excluding hydrogens is 222 g/mol. The summed E-state index contributed by atoms with van der Waals surface area (Å²) >= 11 is 5.81. The van der Waals surface area contributed by atoms with Crippen molar-refractivity contribution in [1.29, 1.82) is 0 Å². The molecule has 1 aromatic heterocycles. The van der Waals surface area contributed by atoms with Crippen LogP contribution >= 0.6 is 11.6 Å². The number of ether oxygens (including phenoxy) is 1. The van der Waals surface area contributed by atoms with Crippen LogP contribution in [-0.2, 0) is 0 Å². The first-order valence-corrected chi connectivity index (χ1v) is 5.27. The number of pyridine rings is 1. The first-order chi connectivity index (χ1) is 7.78. The normalized spacial score (nSPS) is 10.1. The predicted octanol–water partition coefficient (Wildman–Crippen LogP) is 3.34. The van der Waals surface area contributed by atoms with E-state index < -0.39 is 0 Å². The lowest BCUT2D eigenvalue weighted by molar-refractivity contribution is 0.414. The molecule has 1 aromatic carbocycles. The molecule has 2 rings (SSSR count). The molecule has 81 valence electrons. The molecule has 0 unspecified atom stereocenters. The quantitative estimate of drug-likeness (QED) is 0.758. The first-order valence-electron chi connectivity index (χ1n) is 4.89. The maximum absolute atomic E-state index is 5.81. The van der Waals surface area contributed by atoms with Crippen LogP contribution in [0.1, 0.15) is 11.3 Å². The van der Waals surface area contributed by atoms with Crippen LogP contribution in [0.2, 0.25) is 5.15 Å². The Labute approximate surface area is 99.9 Å². The average molecular weight is 233 g/mol. The van der Waals surface area contributed by atoms with Crippen molar-refractivity contribution in [3.63, 3.8) is 0 Å². The molecule has 0 aliphatic rings. The first kappa shape index (κ1) is 11.0. The van der Waals surface area contributed by atoms with Crippen LogP contribution in [-0.4, -0.2) is 12.1 Å². The van der Waals surface area contributed by atoms with Crippen LogP contribution in [0, 0.1) is 6.42 Å². The summed E-state index contributed by atoms with van der Waals surface area (Å²) in [5, 5.41) is 0.502. The van der Waals surface area contributed by atoms with E-state index in [0.717, 1.165) is 17.0 Å². The van der Waals surface area contributed by atoms with E-state index in [-0.39, 0.29) is 0 Å². The van der Waals surface area contributed by atoms with Crippen LogP contribution in [0.25, 0.3) is 0 Å². The summed E-state index contributed by atoms with van der Waals surface area (Å²) in [6, 6.07) is 13.3. The number of aromatic nitrogens is 1. The SMILES string of the molecule is COc1ccc([CH]c2cccc(Cl)n2)cc1. The summed E-state index contributed by atoms with van der Waals surface area (Å²) in [7, 11) is 1.65. The van der Waals surface area contributed by atoms with Crippen molar-refractivity contribution in [2.45, 2.75) is 0 Å². The summed E-state index contributed by atoms with van der Waals surface area (Å²) in [6.45, 7) is 0. The van der Waals surface area contributed by atoms with Gasteiger partial charge in [-0.15, -0.1) is 0 Å². The molecule has 0 bridgehead atoms. The van der Waals surface area contributed by atoms with Gasteiger partial charge in [-0.05, 0) is 29.8 Å². The fourth-order valence-electron chi connectivity index (χ4n) is 1.38. The number of hydrogen-bond acceptors (Lipinski definition) is 2. The zero-order valence-electron chi connectivity index (χ0n) is 8.85. The number of rotatable bonds is 3. The molecule has 16 heavy (non-hydrogen) atoms. The Bertz CT molecular complexity index is 468. The summed E-state index contributed by atoms with van der Waals surface area (Å²) in [5.74, 6) is 0.844. The third kappa shape index (κ3) is 2.74. The molecule has 1 radical (unpaired) electrons. The molecule has 1 heterocycles. The van der Waals surface area contributed by atoms with Crippen LogP contribution in [0.5, 0.6) is 5.75 Å². The molecule has 0 aliphatic heterocycles. The largest absolute Gasteiger partial charge is 0.497 e. The monoisotopic (exact) mass is 232 g/mol. The minimum atomic E-state index is 0.502. The van der Waals surface area contributed by atoms with E-state index in [0.29, 0.717) is 5.15 Å². The smallest absolute Gasteiger partial charge is 0.129 e. The zero-order valence-corrected chi connectivity index (χ0v) is 9.61. The van der Waals surface area contributed by atoms with Gasteiger partial charge in [0.1, 0.15) is 10.9 Å². The van der Waals surface area contributed by atoms with E-state index in [4.69, 9.17) is 16.3 Å². The van der Waals surface area contributed by atoms with Crippen molar-refractivity contribution in [3.8, 4) is 5.75 Å². The Morgan fingerprint density at radius 1 is 1.12 bits per heavy atom. The second-order valence-corrected chi connectivity index (χ2v) is 3.69. The van der Waals surface area contributed by atoms with Gasteiger partial charge in [-0.3, -0.25) is 0 Å². The number of nitrogens with zero attached hydrogens (tertiary/aromatic N) is 1. The fourth-order valence-corrected chi connectivity index (χ4v) is 1.55. The van der Waals surface area contributed by atoms with E-state index in [1.807, 2.05) is 42.8 Å². The van der Waals surface area contributed by atoms with E-state index >= 15 is 0 Å². The summed E-state index contributed by atoms with van der Waals surface area (Å²) in [6.07, 6.45) is 1.96. The minimum absolute atomic E-state index is 0.502. The number of hydrogen-bond donors (Lipinski definition) is 0. The van der Waals surface area contributed by atoms with Gasteiger partial charge in [0.25, 0.3) is 0 Å². The Kier molecular flexibility index (Phi) is 3.42. The van der Waals surface area contributed by atoms with Gasteiger partial charge in [-0.25, -0.2) is 4.98 Å². The molecule has 2 aromatic rings. The van der Waals surface area contributed by atoms with Gasteiger partial charge in [0.15, 0.2) is 0 Å². The van der Waals surface area contributed by atoms with Gasteiger partial charge in [0.2, 0.25) is 0 Å². The van der Waals surface area contributed by atoms with Crippen molar-refractivity contribution in [3.05, 3.63) is 65.3 Å². The second-order valence-electron chi connectivity index (χ2n) is 3.30. The summed E-state index contributed by atoms with van der Waals surface area (Å²) < 4.78 is 5.09. The molecule has 0 fully saturated rings. The van der Waals surface area contributed by atoms with Gasteiger partial charge in [-0.2, -0.15) is 0 Å². The van der Waals surface area contributed by atoms with Crippen molar-refractivity contribution >= 4 is 11.6 Å². The molecule has 3 heteroatoms. The van der Waals surface area contributed by atoms with Crippen LogP contribution < -0.4 is 4.74 Å². The highest BCUT2D eigenvalue weighted by Gasteiger charge is 1.99. The Balaban J connectivity index is 2.14. The second kappa shape index (κ2) is 4.99.